The molecular formula is C13H16O. The highest BCUT2D eigenvalue weighted by Gasteiger charge is 2.10. The molecular weight excluding hydrogens is 172 g/mol. The van der Waals surface area contributed by atoms with E-state index < -0.39 is 0 Å². The van der Waals surface area contributed by atoms with Crippen molar-refractivity contribution in [1.29, 1.82) is 0 Å². The molecule has 1 aromatic carbocycles. The standard InChI is InChI=1S/C13H16O/c1-11-6-5-7-12(10-11)8-9-13(2,3)14-4/h5-7,10H,1-4H3. The van der Waals surface area contributed by atoms with E-state index in [-0.39, 0.29) is 5.60 Å². The summed E-state index contributed by atoms with van der Waals surface area (Å²) in [7, 11) is 1.67. The van der Waals surface area contributed by atoms with E-state index in [0.717, 1.165) is 5.56 Å². The fraction of sp³-hybridized carbons (Fsp3) is 0.385. The number of hydrogen-bond acceptors (Lipinski definition) is 1. The van der Waals surface area contributed by atoms with E-state index in [9.17, 15) is 0 Å². The summed E-state index contributed by atoms with van der Waals surface area (Å²) in [5.74, 6) is 6.18. The highest BCUT2D eigenvalue weighted by Crippen LogP contribution is 2.06. The minimum absolute atomic E-state index is 0.371. The Hall–Kier alpha value is -1.26. The third-order valence-electron chi connectivity index (χ3n) is 2.04. The largest absolute Gasteiger partial charge is 0.366 e. The maximum atomic E-state index is 5.22. The van der Waals surface area contributed by atoms with Crippen LogP contribution in [0, 0.1) is 18.8 Å². The molecule has 1 aromatic rings. The SMILES string of the molecule is COC(C)(C)C#Cc1cccc(C)c1. The smallest absolute Gasteiger partial charge is 0.123 e. The molecule has 0 saturated carbocycles. The van der Waals surface area contributed by atoms with Crippen LogP contribution in [-0.2, 0) is 4.74 Å². The van der Waals surface area contributed by atoms with Crippen LogP contribution in [0.4, 0.5) is 0 Å². The van der Waals surface area contributed by atoms with E-state index in [2.05, 4.69) is 30.9 Å². The van der Waals surface area contributed by atoms with Gasteiger partial charge >= 0.3 is 0 Å². The van der Waals surface area contributed by atoms with Crippen LogP contribution in [0.15, 0.2) is 24.3 Å². The molecule has 0 heterocycles. The van der Waals surface area contributed by atoms with Gasteiger partial charge in [0, 0.05) is 12.7 Å². The number of aryl methyl sites for hydroxylation is 1. The maximum absolute atomic E-state index is 5.22. The Bertz CT molecular complexity index is 366. The van der Waals surface area contributed by atoms with Gasteiger partial charge in [-0.1, -0.05) is 24.0 Å². The van der Waals surface area contributed by atoms with E-state index in [1.807, 2.05) is 26.0 Å². The van der Waals surface area contributed by atoms with E-state index >= 15 is 0 Å². The van der Waals surface area contributed by atoms with Crippen molar-refractivity contribution in [3.05, 3.63) is 35.4 Å². The van der Waals surface area contributed by atoms with Gasteiger partial charge in [0.15, 0.2) is 0 Å². The molecule has 0 bridgehead atoms. The van der Waals surface area contributed by atoms with Crippen LogP contribution in [-0.4, -0.2) is 12.7 Å². The predicted molar refractivity (Wildman–Crippen MR) is 59.1 cm³/mol. The van der Waals surface area contributed by atoms with Gasteiger partial charge in [-0.15, -0.1) is 0 Å². The second kappa shape index (κ2) is 4.30. The average molecular weight is 188 g/mol. The molecule has 1 rings (SSSR count). The molecule has 0 aliphatic rings. The summed E-state index contributed by atoms with van der Waals surface area (Å²) in [5, 5.41) is 0. The maximum Gasteiger partial charge on any atom is 0.123 e. The first kappa shape index (κ1) is 10.8. The zero-order chi connectivity index (χ0) is 10.6. The molecule has 0 spiro atoms. The van der Waals surface area contributed by atoms with Crippen molar-refractivity contribution >= 4 is 0 Å². The van der Waals surface area contributed by atoms with Gasteiger partial charge in [0.25, 0.3) is 0 Å². The van der Waals surface area contributed by atoms with Gasteiger partial charge in [-0.25, -0.2) is 0 Å². The lowest BCUT2D eigenvalue weighted by molar-refractivity contribution is 0.0742. The Labute approximate surface area is 86.1 Å². The van der Waals surface area contributed by atoms with Gasteiger partial charge in [0.2, 0.25) is 0 Å². The Morgan fingerprint density at radius 2 is 2.00 bits per heavy atom. The molecule has 0 radical (unpaired) electrons. The van der Waals surface area contributed by atoms with E-state index in [4.69, 9.17) is 4.74 Å². The zero-order valence-electron chi connectivity index (χ0n) is 9.22. The second-order valence-electron chi connectivity index (χ2n) is 3.83. The van der Waals surface area contributed by atoms with E-state index in [0.29, 0.717) is 0 Å². The van der Waals surface area contributed by atoms with Crippen LogP contribution in [0.3, 0.4) is 0 Å². The summed E-state index contributed by atoms with van der Waals surface area (Å²) < 4.78 is 5.22. The Kier molecular flexibility index (Phi) is 3.33. The van der Waals surface area contributed by atoms with Crippen LogP contribution in [0.2, 0.25) is 0 Å². The predicted octanol–water partition coefficient (Wildman–Crippen LogP) is 2.77. The average Bonchev–Trinajstić information content (AvgIpc) is 2.15. The minimum Gasteiger partial charge on any atom is -0.366 e. The second-order valence-corrected chi connectivity index (χ2v) is 3.83. The van der Waals surface area contributed by atoms with Crippen molar-refractivity contribution in [2.75, 3.05) is 7.11 Å². The van der Waals surface area contributed by atoms with Crippen molar-refractivity contribution in [2.24, 2.45) is 0 Å². The number of methoxy groups -OCH3 is 1. The Balaban J connectivity index is 2.88. The summed E-state index contributed by atoms with van der Waals surface area (Å²) in [5.41, 5.74) is 1.89. The zero-order valence-corrected chi connectivity index (χ0v) is 9.22. The van der Waals surface area contributed by atoms with E-state index in [1.54, 1.807) is 7.11 Å². The number of benzene rings is 1. The van der Waals surface area contributed by atoms with Gasteiger partial charge in [0.05, 0.1) is 0 Å². The van der Waals surface area contributed by atoms with Crippen molar-refractivity contribution in [2.45, 2.75) is 26.4 Å². The topological polar surface area (TPSA) is 9.23 Å². The molecule has 0 aromatic heterocycles. The van der Waals surface area contributed by atoms with Crippen LogP contribution in [0.5, 0.6) is 0 Å². The molecule has 0 unspecified atom stereocenters. The summed E-state index contributed by atoms with van der Waals surface area (Å²) >= 11 is 0. The quantitative estimate of drug-likeness (QED) is 0.616. The molecule has 0 atom stereocenters. The van der Waals surface area contributed by atoms with Crippen molar-refractivity contribution < 1.29 is 4.74 Å². The summed E-state index contributed by atoms with van der Waals surface area (Å²) in [4.78, 5) is 0. The normalized spacial score (nSPS) is 10.6. The lowest BCUT2D eigenvalue weighted by atomic mass is 10.1. The lowest BCUT2D eigenvalue weighted by Crippen LogP contribution is -2.19. The summed E-state index contributed by atoms with van der Waals surface area (Å²) in [6.07, 6.45) is 0. The highest BCUT2D eigenvalue weighted by atomic mass is 16.5. The van der Waals surface area contributed by atoms with Crippen LogP contribution >= 0.6 is 0 Å². The summed E-state index contributed by atoms with van der Waals surface area (Å²) in [6, 6.07) is 8.15. The summed E-state index contributed by atoms with van der Waals surface area (Å²) in [6.45, 7) is 5.97. The first-order valence-corrected chi connectivity index (χ1v) is 4.68. The number of ether oxygens (including phenoxy) is 1. The molecule has 14 heavy (non-hydrogen) atoms. The number of hydrogen-bond donors (Lipinski definition) is 0. The molecule has 74 valence electrons. The van der Waals surface area contributed by atoms with Gasteiger partial charge < -0.3 is 4.74 Å². The fourth-order valence-corrected chi connectivity index (χ4v) is 0.997. The first-order chi connectivity index (χ1) is 6.53. The Morgan fingerprint density at radius 3 is 2.57 bits per heavy atom. The molecule has 0 amide bonds. The number of rotatable bonds is 1. The molecule has 0 aliphatic heterocycles. The van der Waals surface area contributed by atoms with Crippen molar-refractivity contribution in [1.82, 2.24) is 0 Å². The Morgan fingerprint density at radius 1 is 1.29 bits per heavy atom. The lowest BCUT2D eigenvalue weighted by Gasteiger charge is -2.14. The minimum atomic E-state index is -0.371. The third kappa shape index (κ3) is 3.24. The third-order valence-corrected chi connectivity index (χ3v) is 2.04. The fourth-order valence-electron chi connectivity index (χ4n) is 0.997. The van der Waals surface area contributed by atoms with Crippen LogP contribution in [0.25, 0.3) is 0 Å². The highest BCUT2D eigenvalue weighted by molar-refractivity contribution is 5.38. The first-order valence-electron chi connectivity index (χ1n) is 4.68. The van der Waals surface area contributed by atoms with Crippen molar-refractivity contribution in [3.8, 4) is 11.8 Å². The molecule has 0 fully saturated rings. The molecule has 0 aliphatic carbocycles. The van der Waals surface area contributed by atoms with Gasteiger partial charge in [0.1, 0.15) is 5.60 Å². The van der Waals surface area contributed by atoms with Crippen LogP contribution < -0.4 is 0 Å². The molecule has 1 nitrogen and oxygen atoms in total. The molecule has 1 heteroatoms. The monoisotopic (exact) mass is 188 g/mol. The van der Waals surface area contributed by atoms with Gasteiger partial charge in [-0.2, -0.15) is 0 Å². The van der Waals surface area contributed by atoms with E-state index in [1.165, 1.54) is 5.56 Å². The molecule has 0 saturated heterocycles. The van der Waals surface area contributed by atoms with Gasteiger partial charge in [-0.3, -0.25) is 0 Å². The molecule has 0 N–H and O–H groups in total. The van der Waals surface area contributed by atoms with Gasteiger partial charge in [-0.05, 0) is 38.5 Å². The van der Waals surface area contributed by atoms with Crippen LogP contribution in [0.1, 0.15) is 25.0 Å². The van der Waals surface area contributed by atoms with Crippen molar-refractivity contribution in [3.63, 3.8) is 0 Å².